The molecule has 0 saturated carbocycles. The van der Waals surface area contributed by atoms with Gasteiger partial charge in [-0.15, -0.1) is 0 Å². The molecule has 4 nitrogen and oxygen atoms in total. The van der Waals surface area contributed by atoms with Crippen molar-refractivity contribution in [3.8, 4) is 0 Å². The Morgan fingerprint density at radius 2 is 2.46 bits per heavy atom. The van der Waals surface area contributed by atoms with E-state index in [0.29, 0.717) is 6.42 Å². The topological polar surface area (TPSA) is 66.8 Å². The van der Waals surface area contributed by atoms with Gasteiger partial charge in [-0.05, 0) is 6.92 Å². The molecule has 2 atom stereocenters. The van der Waals surface area contributed by atoms with Crippen LogP contribution >= 0.6 is 0 Å². The summed E-state index contributed by atoms with van der Waals surface area (Å²) < 4.78 is 4.73. The summed E-state index contributed by atoms with van der Waals surface area (Å²) in [6.45, 7) is 1.57. The first-order valence-corrected chi connectivity index (χ1v) is 4.28. The lowest BCUT2D eigenvalue weighted by atomic mass is 9.83. The summed E-state index contributed by atoms with van der Waals surface area (Å²) in [5, 5.41) is 18.9. The fourth-order valence-corrected chi connectivity index (χ4v) is 1.51. The van der Waals surface area contributed by atoms with E-state index < -0.39 is 17.5 Å². The minimum atomic E-state index is -1.24. The van der Waals surface area contributed by atoms with Gasteiger partial charge in [0.05, 0.1) is 13.2 Å². The highest BCUT2D eigenvalue weighted by atomic mass is 16.5. The van der Waals surface area contributed by atoms with Gasteiger partial charge in [-0.2, -0.15) is 0 Å². The third-order valence-electron chi connectivity index (χ3n) is 2.27. The van der Waals surface area contributed by atoms with Gasteiger partial charge in [0, 0.05) is 6.42 Å². The molecule has 0 aromatic carbocycles. The summed E-state index contributed by atoms with van der Waals surface area (Å²) in [5.74, 6) is -1.38. The smallest absolute Gasteiger partial charge is 0.314 e. The Morgan fingerprint density at radius 3 is 3.00 bits per heavy atom. The van der Waals surface area contributed by atoms with Gasteiger partial charge in [-0.1, -0.05) is 12.2 Å². The maximum atomic E-state index is 11.1. The van der Waals surface area contributed by atoms with Gasteiger partial charge in [0.1, 0.15) is 11.5 Å². The van der Waals surface area contributed by atoms with Gasteiger partial charge in [0.25, 0.3) is 0 Å². The molecular formula is C9H14O4. The van der Waals surface area contributed by atoms with Gasteiger partial charge in [-0.3, -0.25) is 4.79 Å². The van der Waals surface area contributed by atoms with Crippen molar-refractivity contribution < 1.29 is 19.7 Å². The van der Waals surface area contributed by atoms with Crippen molar-refractivity contribution in [3.63, 3.8) is 0 Å². The summed E-state index contributed by atoms with van der Waals surface area (Å²) in [6, 6.07) is 0. The number of esters is 1. The first-order valence-electron chi connectivity index (χ1n) is 4.28. The predicted molar refractivity (Wildman–Crippen MR) is 45.9 cm³/mol. The van der Waals surface area contributed by atoms with Crippen LogP contribution in [-0.2, 0) is 9.53 Å². The Kier molecular flexibility index (Phi) is 3.06. The maximum absolute atomic E-state index is 11.1. The average Bonchev–Trinajstić information content (AvgIpc) is 2.04. The highest BCUT2D eigenvalue weighted by molar-refractivity contribution is 5.75. The number of hydrogen-bond acceptors (Lipinski definition) is 4. The Hall–Kier alpha value is -0.870. The normalized spacial score (nSPS) is 35.0. The summed E-state index contributed by atoms with van der Waals surface area (Å²) in [4.78, 5) is 11.1. The number of cyclic esters (lactones) is 1. The lowest BCUT2D eigenvalue weighted by Gasteiger charge is -2.34. The summed E-state index contributed by atoms with van der Waals surface area (Å²) in [6.07, 6.45) is 3.55. The molecule has 0 amide bonds. The van der Waals surface area contributed by atoms with E-state index in [1.165, 1.54) is 6.08 Å². The Balaban J connectivity index is 2.86. The molecule has 0 radical (unpaired) electrons. The van der Waals surface area contributed by atoms with E-state index >= 15 is 0 Å². The molecule has 13 heavy (non-hydrogen) atoms. The summed E-state index contributed by atoms with van der Waals surface area (Å²) >= 11 is 0. The fraction of sp³-hybridized carbons (Fsp3) is 0.667. The molecule has 1 fully saturated rings. The van der Waals surface area contributed by atoms with Crippen LogP contribution in [0.3, 0.4) is 0 Å². The van der Waals surface area contributed by atoms with Crippen LogP contribution in [0, 0.1) is 5.92 Å². The van der Waals surface area contributed by atoms with Crippen molar-refractivity contribution in [1.29, 1.82) is 0 Å². The monoisotopic (exact) mass is 186 g/mol. The molecule has 1 heterocycles. The molecule has 1 aliphatic heterocycles. The number of aliphatic hydroxyl groups excluding tert-OH is 1. The standard InChI is InChI=1S/C9H14O4/c1-2-3-9(12)4-5-13-8(11)7(9)6-10/h2-3,7,10,12H,4-6H2,1H3/b3-2+. The zero-order chi connectivity index (χ0) is 9.90. The van der Waals surface area contributed by atoms with Crippen molar-refractivity contribution in [2.45, 2.75) is 18.9 Å². The lowest BCUT2D eigenvalue weighted by Crippen LogP contribution is -2.48. The number of allylic oxidation sites excluding steroid dienone is 1. The van der Waals surface area contributed by atoms with Crippen molar-refractivity contribution >= 4 is 5.97 Å². The molecule has 0 aromatic rings. The first-order chi connectivity index (χ1) is 6.14. The zero-order valence-corrected chi connectivity index (χ0v) is 7.56. The number of rotatable bonds is 2. The van der Waals surface area contributed by atoms with Crippen LogP contribution in [0.5, 0.6) is 0 Å². The average molecular weight is 186 g/mol. The third kappa shape index (κ3) is 1.89. The maximum Gasteiger partial charge on any atom is 0.314 e. The van der Waals surface area contributed by atoms with Gasteiger partial charge in [0.15, 0.2) is 0 Å². The van der Waals surface area contributed by atoms with E-state index in [1.54, 1.807) is 13.0 Å². The molecule has 1 saturated heterocycles. The van der Waals surface area contributed by atoms with Gasteiger partial charge < -0.3 is 14.9 Å². The van der Waals surface area contributed by atoms with E-state index in [4.69, 9.17) is 9.84 Å². The van der Waals surface area contributed by atoms with E-state index in [0.717, 1.165) is 0 Å². The Bertz CT molecular complexity index is 224. The molecule has 0 bridgehead atoms. The molecule has 0 spiro atoms. The van der Waals surface area contributed by atoms with Crippen LogP contribution in [-0.4, -0.2) is 35.0 Å². The molecule has 2 N–H and O–H groups in total. The molecule has 1 rings (SSSR count). The van der Waals surface area contributed by atoms with Crippen LogP contribution in [0.25, 0.3) is 0 Å². The zero-order valence-electron chi connectivity index (χ0n) is 7.56. The molecule has 0 aromatic heterocycles. The van der Waals surface area contributed by atoms with E-state index in [1.807, 2.05) is 0 Å². The van der Waals surface area contributed by atoms with Gasteiger partial charge >= 0.3 is 5.97 Å². The minimum absolute atomic E-state index is 0.205. The van der Waals surface area contributed by atoms with Crippen LogP contribution in [0.1, 0.15) is 13.3 Å². The molecule has 74 valence electrons. The minimum Gasteiger partial charge on any atom is -0.465 e. The Labute approximate surface area is 76.8 Å². The second-order valence-electron chi connectivity index (χ2n) is 3.14. The molecule has 2 unspecified atom stereocenters. The van der Waals surface area contributed by atoms with Gasteiger partial charge in [0.2, 0.25) is 0 Å². The van der Waals surface area contributed by atoms with Crippen molar-refractivity contribution in [2.75, 3.05) is 13.2 Å². The molecule has 0 aliphatic carbocycles. The fourth-order valence-electron chi connectivity index (χ4n) is 1.51. The number of carbonyl (C=O) groups is 1. The second-order valence-corrected chi connectivity index (χ2v) is 3.14. The Morgan fingerprint density at radius 1 is 1.77 bits per heavy atom. The number of hydrogen-bond donors (Lipinski definition) is 2. The number of ether oxygens (including phenoxy) is 1. The van der Waals surface area contributed by atoms with E-state index in [2.05, 4.69) is 0 Å². The van der Waals surface area contributed by atoms with Crippen LogP contribution < -0.4 is 0 Å². The molecule has 4 heteroatoms. The third-order valence-corrected chi connectivity index (χ3v) is 2.27. The van der Waals surface area contributed by atoms with Crippen molar-refractivity contribution in [1.82, 2.24) is 0 Å². The quantitative estimate of drug-likeness (QED) is 0.465. The summed E-state index contributed by atoms with van der Waals surface area (Å²) in [7, 11) is 0. The van der Waals surface area contributed by atoms with Crippen molar-refractivity contribution in [2.24, 2.45) is 5.92 Å². The number of carbonyl (C=O) groups excluding carboxylic acids is 1. The highest BCUT2D eigenvalue weighted by Crippen LogP contribution is 2.28. The van der Waals surface area contributed by atoms with Crippen LogP contribution in [0.15, 0.2) is 12.2 Å². The van der Waals surface area contributed by atoms with Crippen LogP contribution in [0.2, 0.25) is 0 Å². The lowest BCUT2D eigenvalue weighted by molar-refractivity contribution is -0.170. The largest absolute Gasteiger partial charge is 0.465 e. The first kappa shape index (κ1) is 10.2. The van der Waals surface area contributed by atoms with E-state index in [-0.39, 0.29) is 13.2 Å². The highest BCUT2D eigenvalue weighted by Gasteiger charge is 2.43. The predicted octanol–water partition coefficient (Wildman–Crippen LogP) is -0.151. The van der Waals surface area contributed by atoms with Crippen molar-refractivity contribution in [3.05, 3.63) is 12.2 Å². The van der Waals surface area contributed by atoms with E-state index in [9.17, 15) is 9.90 Å². The number of aliphatic hydroxyl groups is 2. The molecule has 1 aliphatic rings. The molecular weight excluding hydrogens is 172 g/mol. The summed E-state index contributed by atoms with van der Waals surface area (Å²) in [5.41, 5.74) is -1.24. The van der Waals surface area contributed by atoms with Gasteiger partial charge in [-0.25, -0.2) is 0 Å². The SMILES string of the molecule is C/C=C/C1(O)CCOC(=O)C1CO. The van der Waals surface area contributed by atoms with Crippen LogP contribution in [0.4, 0.5) is 0 Å². The second kappa shape index (κ2) is 3.89.